The van der Waals surface area contributed by atoms with E-state index in [1.165, 1.54) is 10.6 Å². The minimum atomic E-state index is -4.58. The van der Waals surface area contributed by atoms with Gasteiger partial charge in [-0.3, -0.25) is 9.50 Å². The first-order chi connectivity index (χ1) is 15.3. The van der Waals surface area contributed by atoms with E-state index in [9.17, 15) is 17.6 Å². The fourth-order valence-electron chi connectivity index (χ4n) is 4.18. The molecule has 0 radical (unpaired) electrons. The first-order valence-corrected chi connectivity index (χ1v) is 9.97. The molecule has 0 aromatic carbocycles. The molecular formula is C20H18F4N8. The lowest BCUT2D eigenvalue weighted by Crippen LogP contribution is -2.39. The second-order valence-corrected chi connectivity index (χ2v) is 7.95. The van der Waals surface area contributed by atoms with E-state index in [-0.39, 0.29) is 23.3 Å². The minimum Gasteiger partial charge on any atom is -0.356 e. The van der Waals surface area contributed by atoms with E-state index in [4.69, 9.17) is 0 Å². The van der Waals surface area contributed by atoms with Crippen LogP contribution in [0.1, 0.15) is 30.5 Å². The monoisotopic (exact) mass is 446 g/mol. The van der Waals surface area contributed by atoms with Crippen LogP contribution in [0.4, 0.5) is 23.4 Å². The highest BCUT2D eigenvalue weighted by Gasteiger charge is 2.33. The maximum atomic E-state index is 14.0. The van der Waals surface area contributed by atoms with Crippen molar-refractivity contribution in [2.24, 2.45) is 5.92 Å². The van der Waals surface area contributed by atoms with Crippen molar-refractivity contribution in [3.63, 3.8) is 0 Å². The van der Waals surface area contributed by atoms with Crippen LogP contribution in [0.25, 0.3) is 17.2 Å². The second-order valence-electron chi connectivity index (χ2n) is 7.95. The van der Waals surface area contributed by atoms with Gasteiger partial charge in [-0.15, -0.1) is 5.10 Å². The van der Waals surface area contributed by atoms with Gasteiger partial charge in [-0.1, -0.05) is 6.92 Å². The van der Waals surface area contributed by atoms with Gasteiger partial charge in [0.1, 0.15) is 11.5 Å². The molecule has 0 amide bonds. The highest BCUT2D eigenvalue weighted by atomic mass is 19.4. The average molecular weight is 446 g/mol. The van der Waals surface area contributed by atoms with Gasteiger partial charge in [0.25, 0.3) is 0 Å². The molecule has 12 heteroatoms. The zero-order chi connectivity index (χ0) is 22.5. The lowest BCUT2D eigenvalue weighted by atomic mass is 9.86. The molecule has 0 aliphatic carbocycles. The van der Waals surface area contributed by atoms with Crippen molar-refractivity contribution in [1.29, 1.82) is 0 Å². The molecule has 166 valence electrons. The number of nitrogens with zero attached hydrogens (tertiary/aromatic N) is 7. The maximum absolute atomic E-state index is 14.0. The van der Waals surface area contributed by atoms with E-state index in [2.05, 4.69) is 37.1 Å². The number of imidazole rings is 1. The zero-order valence-electron chi connectivity index (χ0n) is 16.9. The molecule has 32 heavy (non-hydrogen) atoms. The molecule has 1 aliphatic heterocycles. The van der Waals surface area contributed by atoms with E-state index in [1.54, 1.807) is 18.5 Å². The summed E-state index contributed by atoms with van der Waals surface area (Å²) in [7, 11) is 0. The Morgan fingerprint density at radius 3 is 2.72 bits per heavy atom. The van der Waals surface area contributed by atoms with Gasteiger partial charge >= 0.3 is 6.18 Å². The Bertz CT molecular complexity index is 1260. The van der Waals surface area contributed by atoms with Crippen molar-refractivity contribution in [3.05, 3.63) is 54.3 Å². The smallest absolute Gasteiger partial charge is 0.356 e. The average Bonchev–Trinajstić information content (AvgIpc) is 3.38. The highest BCUT2D eigenvalue weighted by molar-refractivity contribution is 5.58. The molecule has 1 fully saturated rings. The first-order valence-electron chi connectivity index (χ1n) is 9.97. The van der Waals surface area contributed by atoms with Crippen LogP contribution in [0, 0.1) is 11.9 Å². The standard InChI is InChI=1S/C20H18F4N8/c1-11-4-12(13-5-28-30-18(13)21)9-31(8-11)16-2-3-25-19(29-16)14-6-27-17-7-26-15(10-32(14)17)20(22,23)24/h2-3,5-7,10-12H,4,8-9H2,1H3,(H,28,30)/t11-,12+/m0/s1. The SMILES string of the molecule is C[C@H]1C[C@@H](c2c[nH]nc2F)CN(c2ccnc(-c3cnc4cnc(C(F)(F)F)cn34)n2)C1. The number of halogens is 4. The number of H-pyrrole nitrogens is 1. The summed E-state index contributed by atoms with van der Waals surface area (Å²) in [4.78, 5) is 18.4. The van der Waals surface area contributed by atoms with Gasteiger partial charge in [-0.2, -0.15) is 17.6 Å². The zero-order valence-corrected chi connectivity index (χ0v) is 16.9. The number of hydrogen-bond acceptors (Lipinski definition) is 6. The number of piperidine rings is 1. The summed E-state index contributed by atoms with van der Waals surface area (Å²) in [5.74, 6) is 0.547. The number of rotatable bonds is 3. The van der Waals surface area contributed by atoms with Crippen LogP contribution in [0.3, 0.4) is 0 Å². The summed E-state index contributed by atoms with van der Waals surface area (Å²) in [6, 6.07) is 1.73. The molecule has 2 atom stereocenters. The third-order valence-electron chi connectivity index (χ3n) is 5.60. The number of anilines is 1. The third kappa shape index (κ3) is 3.65. The molecule has 4 aromatic rings. The Labute approximate surface area is 179 Å². The molecular weight excluding hydrogens is 428 g/mol. The van der Waals surface area contributed by atoms with Gasteiger partial charge in [-0.25, -0.2) is 19.9 Å². The number of aromatic nitrogens is 7. The predicted octanol–water partition coefficient (Wildman–Crippen LogP) is 3.70. The van der Waals surface area contributed by atoms with Gasteiger partial charge in [0.05, 0.1) is 12.4 Å². The van der Waals surface area contributed by atoms with Crippen LogP contribution >= 0.6 is 0 Å². The van der Waals surface area contributed by atoms with E-state index in [1.807, 2.05) is 4.90 Å². The van der Waals surface area contributed by atoms with E-state index in [0.717, 1.165) is 18.8 Å². The number of alkyl halides is 3. The summed E-state index contributed by atoms with van der Waals surface area (Å²) in [5, 5.41) is 6.15. The van der Waals surface area contributed by atoms with Gasteiger partial charge in [0.2, 0.25) is 5.95 Å². The minimum absolute atomic E-state index is 0.0628. The number of aromatic amines is 1. The maximum Gasteiger partial charge on any atom is 0.434 e. The molecule has 8 nitrogen and oxygen atoms in total. The van der Waals surface area contributed by atoms with Crippen LogP contribution in [0.2, 0.25) is 0 Å². The van der Waals surface area contributed by atoms with Crippen LogP contribution in [-0.2, 0) is 6.18 Å². The largest absolute Gasteiger partial charge is 0.434 e. The summed E-state index contributed by atoms with van der Waals surface area (Å²) < 4.78 is 54.6. The first kappa shape index (κ1) is 20.3. The topological polar surface area (TPSA) is 87.9 Å². The van der Waals surface area contributed by atoms with Crippen molar-refractivity contribution in [2.45, 2.75) is 25.4 Å². The lowest BCUT2D eigenvalue weighted by molar-refractivity contribution is -0.141. The summed E-state index contributed by atoms with van der Waals surface area (Å²) >= 11 is 0. The Balaban J connectivity index is 1.49. The molecule has 4 aromatic heterocycles. The molecule has 0 unspecified atom stereocenters. The Hall–Kier alpha value is -3.57. The normalized spacial score (nSPS) is 19.6. The van der Waals surface area contributed by atoms with Crippen molar-refractivity contribution in [2.75, 3.05) is 18.0 Å². The molecule has 1 aliphatic rings. The highest BCUT2D eigenvalue weighted by Crippen LogP contribution is 2.33. The fourth-order valence-corrected chi connectivity index (χ4v) is 4.18. The van der Waals surface area contributed by atoms with Gasteiger partial charge in [-0.05, 0) is 18.4 Å². The van der Waals surface area contributed by atoms with Gasteiger partial charge in [0.15, 0.2) is 17.2 Å². The van der Waals surface area contributed by atoms with Crippen LogP contribution in [-0.4, -0.2) is 47.6 Å². The predicted molar refractivity (Wildman–Crippen MR) is 106 cm³/mol. The third-order valence-corrected chi connectivity index (χ3v) is 5.60. The summed E-state index contributed by atoms with van der Waals surface area (Å²) in [6.45, 7) is 3.32. The van der Waals surface area contributed by atoms with Crippen LogP contribution in [0.5, 0.6) is 0 Å². The molecule has 1 saturated heterocycles. The molecule has 0 spiro atoms. The second kappa shape index (κ2) is 7.53. The number of fused-ring (bicyclic) bond motifs is 1. The molecule has 5 rings (SSSR count). The van der Waals surface area contributed by atoms with Crippen molar-refractivity contribution >= 4 is 11.5 Å². The quantitative estimate of drug-likeness (QED) is 0.483. The van der Waals surface area contributed by atoms with Crippen LogP contribution < -0.4 is 4.90 Å². The van der Waals surface area contributed by atoms with E-state index >= 15 is 0 Å². The molecule has 5 heterocycles. The Morgan fingerprint density at radius 1 is 1.12 bits per heavy atom. The fraction of sp³-hybridized carbons (Fsp3) is 0.350. The number of nitrogens with one attached hydrogen (secondary N) is 1. The van der Waals surface area contributed by atoms with E-state index < -0.39 is 17.8 Å². The number of hydrogen-bond donors (Lipinski definition) is 1. The Kier molecular flexibility index (Phi) is 4.79. The van der Waals surface area contributed by atoms with Crippen molar-refractivity contribution in [3.8, 4) is 11.5 Å². The van der Waals surface area contributed by atoms with E-state index in [0.29, 0.717) is 30.2 Å². The summed E-state index contributed by atoms with van der Waals surface area (Å²) in [5.41, 5.74) is 0.0707. The lowest BCUT2D eigenvalue weighted by Gasteiger charge is -2.37. The van der Waals surface area contributed by atoms with Gasteiger partial charge in [0, 0.05) is 43.2 Å². The molecule has 0 bridgehead atoms. The molecule has 0 saturated carbocycles. The molecule has 1 N–H and O–H groups in total. The summed E-state index contributed by atoms with van der Waals surface area (Å²) in [6.07, 6.45) is 2.72. The van der Waals surface area contributed by atoms with Crippen molar-refractivity contribution in [1.82, 2.24) is 34.5 Å². The van der Waals surface area contributed by atoms with Crippen molar-refractivity contribution < 1.29 is 17.6 Å². The van der Waals surface area contributed by atoms with Crippen LogP contribution in [0.15, 0.2) is 37.1 Å². The Morgan fingerprint density at radius 2 is 1.97 bits per heavy atom. The van der Waals surface area contributed by atoms with Gasteiger partial charge < -0.3 is 4.90 Å².